The maximum Gasteiger partial charge on any atom is 0.0910 e. The molecule has 2 heterocycles. The molecular weight excluding hydrogens is 208 g/mol. The quantitative estimate of drug-likeness (QED) is 0.665. The molecule has 2 nitrogen and oxygen atoms in total. The zero-order valence-corrected chi connectivity index (χ0v) is 12.1. The van der Waals surface area contributed by atoms with Gasteiger partial charge in [0, 0.05) is 19.4 Å². The van der Waals surface area contributed by atoms with Gasteiger partial charge in [0.05, 0.1) is 11.0 Å². The normalized spacial score (nSPS) is 11.2. The second kappa shape index (κ2) is 4.91. The van der Waals surface area contributed by atoms with Crippen LogP contribution in [0, 0.1) is 6.92 Å². The van der Waals surface area contributed by atoms with Gasteiger partial charge in [-0.25, -0.2) is 0 Å². The van der Waals surface area contributed by atoms with E-state index in [0.717, 1.165) is 5.52 Å². The Kier molecular flexibility index (Phi) is 3.97. The molecule has 0 unspecified atom stereocenters. The molecule has 2 aromatic heterocycles. The summed E-state index contributed by atoms with van der Waals surface area (Å²) in [5, 5.41) is 0. The molecule has 0 atom stereocenters. The standard InChI is InChI=1S/C13H18N2.C2H6/c1-9-8-15(5)11-6-10(13(2,3)4)7-14-12(9)11;1-2/h6-8H,1-5H3;1-2H3. The topological polar surface area (TPSA) is 17.8 Å². The van der Waals surface area contributed by atoms with Crippen LogP contribution in [0.25, 0.3) is 11.0 Å². The van der Waals surface area contributed by atoms with Gasteiger partial charge in [0.2, 0.25) is 0 Å². The maximum atomic E-state index is 4.55. The minimum atomic E-state index is 0.166. The number of hydrogen-bond donors (Lipinski definition) is 0. The van der Waals surface area contributed by atoms with Crippen molar-refractivity contribution in [3.8, 4) is 0 Å². The van der Waals surface area contributed by atoms with Gasteiger partial charge in [0.15, 0.2) is 0 Å². The van der Waals surface area contributed by atoms with Crippen molar-refractivity contribution in [3.05, 3.63) is 29.6 Å². The predicted octanol–water partition coefficient (Wildman–Crippen LogP) is 4.21. The van der Waals surface area contributed by atoms with Crippen LogP contribution in [0.5, 0.6) is 0 Å². The Balaban J connectivity index is 0.000000686. The average molecular weight is 232 g/mol. The van der Waals surface area contributed by atoms with E-state index in [-0.39, 0.29) is 5.41 Å². The van der Waals surface area contributed by atoms with Gasteiger partial charge in [-0.2, -0.15) is 0 Å². The molecule has 0 aliphatic rings. The molecule has 2 heteroatoms. The second-order valence-electron chi connectivity index (χ2n) is 5.26. The summed E-state index contributed by atoms with van der Waals surface area (Å²) in [6.07, 6.45) is 4.12. The zero-order valence-electron chi connectivity index (χ0n) is 12.1. The average Bonchev–Trinajstić information content (AvgIpc) is 2.56. The van der Waals surface area contributed by atoms with Crippen LogP contribution in [0.4, 0.5) is 0 Å². The molecule has 94 valence electrons. The lowest BCUT2D eigenvalue weighted by molar-refractivity contribution is 0.588. The van der Waals surface area contributed by atoms with Gasteiger partial charge in [0.25, 0.3) is 0 Å². The molecule has 0 saturated carbocycles. The highest BCUT2D eigenvalue weighted by Crippen LogP contribution is 2.26. The fourth-order valence-corrected chi connectivity index (χ4v) is 1.86. The van der Waals surface area contributed by atoms with Crippen molar-refractivity contribution in [2.75, 3.05) is 0 Å². The Morgan fingerprint density at radius 1 is 1.18 bits per heavy atom. The lowest BCUT2D eigenvalue weighted by atomic mass is 9.88. The number of aryl methyl sites for hydroxylation is 2. The van der Waals surface area contributed by atoms with Crippen molar-refractivity contribution in [3.63, 3.8) is 0 Å². The molecule has 0 N–H and O–H groups in total. The summed E-state index contributed by atoms with van der Waals surface area (Å²) in [4.78, 5) is 4.55. The molecular formula is C15H24N2. The molecule has 2 rings (SSSR count). The number of pyridine rings is 1. The molecule has 17 heavy (non-hydrogen) atoms. The number of hydrogen-bond acceptors (Lipinski definition) is 1. The molecule has 0 radical (unpaired) electrons. The van der Waals surface area contributed by atoms with Crippen molar-refractivity contribution in [2.24, 2.45) is 7.05 Å². The van der Waals surface area contributed by atoms with Crippen LogP contribution in [-0.2, 0) is 12.5 Å². The predicted molar refractivity (Wildman–Crippen MR) is 75.5 cm³/mol. The number of nitrogens with zero attached hydrogens (tertiary/aromatic N) is 2. The second-order valence-corrected chi connectivity index (χ2v) is 5.26. The SMILES string of the molecule is CC.Cc1cn(C)c2cc(C(C)(C)C)cnc12. The lowest BCUT2D eigenvalue weighted by Crippen LogP contribution is -2.11. The first-order chi connectivity index (χ1) is 7.89. The van der Waals surface area contributed by atoms with E-state index in [1.807, 2.05) is 20.0 Å². The number of rotatable bonds is 0. The van der Waals surface area contributed by atoms with Crippen LogP contribution in [0.1, 0.15) is 45.7 Å². The van der Waals surface area contributed by atoms with Gasteiger partial charge in [-0.05, 0) is 29.5 Å². The molecule has 0 bridgehead atoms. The van der Waals surface area contributed by atoms with E-state index in [1.54, 1.807) is 0 Å². The highest BCUT2D eigenvalue weighted by atomic mass is 14.9. The molecule has 2 aromatic rings. The summed E-state index contributed by atoms with van der Waals surface area (Å²) in [6.45, 7) is 12.7. The highest BCUT2D eigenvalue weighted by molar-refractivity contribution is 5.80. The number of aromatic nitrogens is 2. The Bertz CT molecular complexity index is 501. The number of fused-ring (bicyclic) bond motifs is 1. The summed E-state index contributed by atoms with van der Waals surface area (Å²) in [5.74, 6) is 0. The molecule has 0 spiro atoms. The summed E-state index contributed by atoms with van der Waals surface area (Å²) in [6, 6.07) is 2.25. The Morgan fingerprint density at radius 2 is 1.76 bits per heavy atom. The van der Waals surface area contributed by atoms with Gasteiger partial charge in [-0.1, -0.05) is 34.6 Å². The van der Waals surface area contributed by atoms with Crippen molar-refractivity contribution in [1.82, 2.24) is 9.55 Å². The molecule has 0 fully saturated rings. The fourth-order valence-electron chi connectivity index (χ4n) is 1.86. The van der Waals surface area contributed by atoms with Crippen LogP contribution < -0.4 is 0 Å². The van der Waals surface area contributed by atoms with Crippen LogP contribution in [-0.4, -0.2) is 9.55 Å². The zero-order chi connectivity index (χ0) is 13.2. The lowest BCUT2D eigenvalue weighted by Gasteiger charge is -2.18. The Morgan fingerprint density at radius 3 is 2.29 bits per heavy atom. The van der Waals surface area contributed by atoms with Gasteiger partial charge in [-0.3, -0.25) is 4.98 Å². The van der Waals surface area contributed by atoms with Gasteiger partial charge >= 0.3 is 0 Å². The van der Waals surface area contributed by atoms with Gasteiger partial charge in [0.1, 0.15) is 0 Å². The Hall–Kier alpha value is -1.31. The van der Waals surface area contributed by atoms with E-state index in [1.165, 1.54) is 16.6 Å². The van der Waals surface area contributed by atoms with Crippen molar-refractivity contribution in [1.29, 1.82) is 0 Å². The third-order valence-electron chi connectivity index (χ3n) is 2.87. The third kappa shape index (κ3) is 2.68. The van der Waals surface area contributed by atoms with Gasteiger partial charge < -0.3 is 4.57 Å². The van der Waals surface area contributed by atoms with Crippen molar-refractivity contribution >= 4 is 11.0 Å². The minimum absolute atomic E-state index is 0.166. The van der Waals surface area contributed by atoms with Crippen molar-refractivity contribution < 1.29 is 0 Å². The third-order valence-corrected chi connectivity index (χ3v) is 2.87. The van der Waals surface area contributed by atoms with E-state index in [0.29, 0.717) is 0 Å². The summed E-state index contributed by atoms with van der Waals surface area (Å²) >= 11 is 0. The van der Waals surface area contributed by atoms with E-state index < -0.39 is 0 Å². The van der Waals surface area contributed by atoms with Crippen LogP contribution in [0.3, 0.4) is 0 Å². The van der Waals surface area contributed by atoms with Crippen molar-refractivity contribution in [2.45, 2.75) is 47.0 Å². The van der Waals surface area contributed by atoms with Crippen LogP contribution in [0.15, 0.2) is 18.5 Å². The summed E-state index contributed by atoms with van der Waals surface area (Å²) < 4.78 is 2.15. The van der Waals surface area contributed by atoms with Gasteiger partial charge in [-0.15, -0.1) is 0 Å². The summed E-state index contributed by atoms with van der Waals surface area (Å²) in [7, 11) is 2.07. The van der Waals surface area contributed by atoms with E-state index in [2.05, 4.69) is 56.6 Å². The molecule has 0 saturated heterocycles. The molecule has 0 aliphatic carbocycles. The first kappa shape index (κ1) is 13.8. The molecule has 0 amide bonds. The minimum Gasteiger partial charge on any atom is -0.349 e. The van der Waals surface area contributed by atoms with Crippen LogP contribution in [0.2, 0.25) is 0 Å². The summed E-state index contributed by atoms with van der Waals surface area (Å²) in [5.41, 5.74) is 5.04. The fraction of sp³-hybridized carbons (Fsp3) is 0.533. The van der Waals surface area contributed by atoms with E-state index in [4.69, 9.17) is 0 Å². The molecule has 0 aliphatic heterocycles. The van der Waals surface area contributed by atoms with Crippen LogP contribution >= 0.6 is 0 Å². The maximum absolute atomic E-state index is 4.55. The Labute approximate surface area is 105 Å². The first-order valence-corrected chi connectivity index (χ1v) is 6.32. The largest absolute Gasteiger partial charge is 0.349 e. The molecule has 0 aromatic carbocycles. The van der Waals surface area contributed by atoms with E-state index in [9.17, 15) is 0 Å². The smallest absolute Gasteiger partial charge is 0.0910 e. The first-order valence-electron chi connectivity index (χ1n) is 6.32. The highest BCUT2D eigenvalue weighted by Gasteiger charge is 2.15. The monoisotopic (exact) mass is 232 g/mol. The van der Waals surface area contributed by atoms with E-state index >= 15 is 0 Å².